The third-order valence-electron chi connectivity index (χ3n) is 3.38. The zero-order valence-electron chi connectivity index (χ0n) is 13.2. The first-order valence-electron chi connectivity index (χ1n) is 7.60. The van der Waals surface area contributed by atoms with E-state index in [0.29, 0.717) is 6.54 Å². The lowest BCUT2D eigenvalue weighted by Gasteiger charge is -2.00. The number of carboxylic acid groups (broad SMARTS) is 1. The van der Waals surface area contributed by atoms with E-state index in [-0.39, 0.29) is 24.6 Å². The smallest absolute Gasteiger partial charge is 0.305 e. The molecule has 3 aromatic rings. The molecule has 0 aliphatic rings. The number of carboxylic acids is 1. The number of aliphatic carboxylic acids is 1. The standard InChI is InChI=1S/C16H16N6O3/c23-14(24)7-9-21-8-6-13(19-21)15(25)18-16-17-11-22(20-16)10-12-4-2-1-3-5-12/h1-6,8,11H,7,9-10H2,(H,23,24)(H,18,20,25). The van der Waals surface area contributed by atoms with Gasteiger partial charge in [0.05, 0.1) is 19.5 Å². The molecule has 2 heterocycles. The largest absolute Gasteiger partial charge is 0.481 e. The van der Waals surface area contributed by atoms with E-state index in [2.05, 4.69) is 20.5 Å². The van der Waals surface area contributed by atoms with E-state index < -0.39 is 11.9 Å². The number of nitrogens with one attached hydrogen (secondary N) is 1. The van der Waals surface area contributed by atoms with Crippen molar-refractivity contribution >= 4 is 17.8 Å². The van der Waals surface area contributed by atoms with Gasteiger partial charge >= 0.3 is 5.97 Å². The van der Waals surface area contributed by atoms with E-state index in [1.54, 1.807) is 10.9 Å². The quantitative estimate of drug-likeness (QED) is 0.669. The van der Waals surface area contributed by atoms with Crippen molar-refractivity contribution < 1.29 is 14.7 Å². The number of rotatable bonds is 7. The van der Waals surface area contributed by atoms with Crippen molar-refractivity contribution in [2.75, 3.05) is 5.32 Å². The second-order valence-corrected chi connectivity index (χ2v) is 5.31. The van der Waals surface area contributed by atoms with Gasteiger partial charge in [-0.1, -0.05) is 30.3 Å². The Balaban J connectivity index is 1.59. The topological polar surface area (TPSA) is 115 Å². The molecule has 0 fully saturated rings. The summed E-state index contributed by atoms with van der Waals surface area (Å²) in [4.78, 5) is 26.7. The van der Waals surface area contributed by atoms with Crippen LogP contribution in [0.2, 0.25) is 0 Å². The van der Waals surface area contributed by atoms with Gasteiger partial charge < -0.3 is 5.11 Å². The van der Waals surface area contributed by atoms with Crippen molar-refractivity contribution in [3.05, 3.63) is 60.2 Å². The van der Waals surface area contributed by atoms with Crippen LogP contribution in [0.1, 0.15) is 22.5 Å². The van der Waals surface area contributed by atoms with Crippen LogP contribution in [0, 0.1) is 0 Å². The SMILES string of the molecule is O=C(O)CCn1ccc(C(=O)Nc2ncn(Cc3ccccc3)n2)n1. The maximum absolute atomic E-state index is 12.1. The number of anilines is 1. The van der Waals surface area contributed by atoms with Gasteiger partial charge in [0.25, 0.3) is 5.91 Å². The third-order valence-corrected chi connectivity index (χ3v) is 3.38. The van der Waals surface area contributed by atoms with Crippen LogP contribution in [-0.2, 0) is 17.9 Å². The zero-order chi connectivity index (χ0) is 17.6. The number of aromatic nitrogens is 5. The molecule has 2 N–H and O–H groups in total. The minimum atomic E-state index is -0.922. The van der Waals surface area contributed by atoms with Crippen LogP contribution in [0.4, 0.5) is 5.95 Å². The Morgan fingerprint density at radius 3 is 2.64 bits per heavy atom. The fourth-order valence-corrected chi connectivity index (χ4v) is 2.18. The normalized spacial score (nSPS) is 10.6. The molecule has 9 heteroatoms. The van der Waals surface area contributed by atoms with E-state index in [1.165, 1.54) is 17.1 Å². The summed E-state index contributed by atoms with van der Waals surface area (Å²) in [7, 11) is 0. The van der Waals surface area contributed by atoms with Gasteiger partial charge in [-0.05, 0) is 11.6 Å². The van der Waals surface area contributed by atoms with Crippen molar-refractivity contribution in [2.45, 2.75) is 19.5 Å². The summed E-state index contributed by atoms with van der Waals surface area (Å²) in [6, 6.07) is 11.3. The highest BCUT2D eigenvalue weighted by Crippen LogP contribution is 2.05. The molecule has 1 aromatic carbocycles. The number of amides is 1. The fourth-order valence-electron chi connectivity index (χ4n) is 2.18. The highest BCUT2D eigenvalue weighted by Gasteiger charge is 2.12. The Hall–Kier alpha value is -3.49. The first-order chi connectivity index (χ1) is 12.1. The fraction of sp³-hybridized carbons (Fsp3) is 0.188. The second kappa shape index (κ2) is 7.39. The van der Waals surface area contributed by atoms with E-state index in [0.717, 1.165) is 5.56 Å². The van der Waals surface area contributed by atoms with Gasteiger partial charge in [-0.3, -0.25) is 19.6 Å². The Morgan fingerprint density at radius 2 is 1.88 bits per heavy atom. The maximum Gasteiger partial charge on any atom is 0.305 e. The summed E-state index contributed by atoms with van der Waals surface area (Å²) in [6.07, 6.45) is 3.03. The van der Waals surface area contributed by atoms with Crippen molar-refractivity contribution in [2.24, 2.45) is 0 Å². The van der Waals surface area contributed by atoms with E-state index >= 15 is 0 Å². The van der Waals surface area contributed by atoms with Crippen LogP contribution < -0.4 is 5.32 Å². The molecule has 0 atom stereocenters. The van der Waals surface area contributed by atoms with E-state index in [4.69, 9.17) is 5.11 Å². The zero-order valence-corrected chi connectivity index (χ0v) is 13.2. The molecule has 0 aliphatic heterocycles. The van der Waals surface area contributed by atoms with Crippen LogP contribution in [0.5, 0.6) is 0 Å². The van der Waals surface area contributed by atoms with Crippen molar-refractivity contribution in [1.29, 1.82) is 0 Å². The van der Waals surface area contributed by atoms with Gasteiger partial charge in [-0.2, -0.15) is 5.10 Å². The Bertz CT molecular complexity index is 871. The first-order valence-corrected chi connectivity index (χ1v) is 7.60. The van der Waals surface area contributed by atoms with Gasteiger partial charge in [0.1, 0.15) is 6.33 Å². The molecule has 1 amide bonds. The molecule has 0 unspecified atom stereocenters. The Labute approximate surface area is 142 Å². The van der Waals surface area contributed by atoms with E-state index in [1.807, 2.05) is 30.3 Å². The number of aryl methyl sites for hydroxylation is 1. The molecular formula is C16H16N6O3. The average molecular weight is 340 g/mol. The summed E-state index contributed by atoms with van der Waals surface area (Å²) >= 11 is 0. The monoisotopic (exact) mass is 340 g/mol. The molecule has 128 valence electrons. The van der Waals surface area contributed by atoms with Gasteiger partial charge in [0.15, 0.2) is 5.69 Å². The van der Waals surface area contributed by atoms with Gasteiger partial charge in [0, 0.05) is 6.20 Å². The van der Waals surface area contributed by atoms with Crippen molar-refractivity contribution in [3.63, 3.8) is 0 Å². The minimum absolute atomic E-state index is 0.0613. The number of carbonyl (C=O) groups excluding carboxylic acids is 1. The summed E-state index contributed by atoms with van der Waals surface area (Å²) < 4.78 is 3.03. The third kappa shape index (κ3) is 4.50. The lowest BCUT2D eigenvalue weighted by molar-refractivity contribution is -0.137. The summed E-state index contributed by atoms with van der Waals surface area (Å²) in [5.74, 6) is -1.19. The number of hydrogen-bond donors (Lipinski definition) is 2. The van der Waals surface area contributed by atoms with Crippen LogP contribution in [0.3, 0.4) is 0 Å². The highest BCUT2D eigenvalue weighted by atomic mass is 16.4. The molecule has 0 saturated heterocycles. The maximum atomic E-state index is 12.1. The predicted molar refractivity (Wildman–Crippen MR) is 88.0 cm³/mol. The van der Waals surface area contributed by atoms with Gasteiger partial charge in [-0.25, -0.2) is 9.67 Å². The van der Waals surface area contributed by atoms with Crippen LogP contribution in [0.25, 0.3) is 0 Å². The van der Waals surface area contributed by atoms with Crippen molar-refractivity contribution in [1.82, 2.24) is 24.5 Å². The number of hydrogen-bond acceptors (Lipinski definition) is 5. The summed E-state index contributed by atoms with van der Waals surface area (Å²) in [6.45, 7) is 0.750. The molecule has 25 heavy (non-hydrogen) atoms. The molecule has 0 saturated carbocycles. The van der Waals surface area contributed by atoms with Crippen LogP contribution in [0.15, 0.2) is 48.9 Å². The molecule has 0 bridgehead atoms. The molecular weight excluding hydrogens is 324 g/mol. The van der Waals surface area contributed by atoms with E-state index in [9.17, 15) is 9.59 Å². The van der Waals surface area contributed by atoms with Gasteiger partial charge in [-0.15, -0.1) is 5.10 Å². The molecule has 2 aromatic heterocycles. The lowest BCUT2D eigenvalue weighted by Crippen LogP contribution is -2.15. The average Bonchev–Trinajstić information content (AvgIpc) is 3.23. The number of benzene rings is 1. The van der Waals surface area contributed by atoms with Gasteiger partial charge in [0.2, 0.25) is 5.95 Å². The summed E-state index contributed by atoms with van der Waals surface area (Å²) in [5, 5.41) is 19.5. The molecule has 0 spiro atoms. The lowest BCUT2D eigenvalue weighted by atomic mass is 10.2. The van der Waals surface area contributed by atoms with Crippen LogP contribution >= 0.6 is 0 Å². The highest BCUT2D eigenvalue weighted by molar-refractivity contribution is 6.01. The van der Waals surface area contributed by atoms with Crippen molar-refractivity contribution in [3.8, 4) is 0 Å². The Morgan fingerprint density at radius 1 is 1.08 bits per heavy atom. The molecule has 3 rings (SSSR count). The number of carbonyl (C=O) groups is 2. The minimum Gasteiger partial charge on any atom is -0.481 e. The Kier molecular flexibility index (Phi) is 4.84. The first kappa shape index (κ1) is 16.4. The molecule has 0 radical (unpaired) electrons. The second-order valence-electron chi connectivity index (χ2n) is 5.31. The van der Waals surface area contributed by atoms with Crippen LogP contribution in [-0.4, -0.2) is 41.5 Å². The predicted octanol–water partition coefficient (Wildman–Crippen LogP) is 1.25. The summed E-state index contributed by atoms with van der Waals surface area (Å²) in [5.41, 5.74) is 1.24. The molecule has 9 nitrogen and oxygen atoms in total. The molecule has 0 aliphatic carbocycles. The number of nitrogens with zero attached hydrogens (tertiary/aromatic N) is 5.